The first-order valence-corrected chi connectivity index (χ1v) is 6.74. The van der Waals surface area contributed by atoms with Crippen LogP contribution in [0.4, 0.5) is 5.69 Å². The van der Waals surface area contributed by atoms with E-state index in [0.29, 0.717) is 22.7 Å². The Morgan fingerprint density at radius 3 is 2.73 bits per heavy atom. The van der Waals surface area contributed by atoms with Crippen LogP contribution >= 0.6 is 0 Å². The van der Waals surface area contributed by atoms with Crippen molar-refractivity contribution < 1.29 is 14.3 Å². The predicted octanol–water partition coefficient (Wildman–Crippen LogP) is 2.97. The first-order chi connectivity index (χ1) is 10.6. The molecular formula is C17H16N2O3. The third kappa shape index (κ3) is 3.76. The molecular weight excluding hydrogens is 280 g/mol. The fourth-order valence-electron chi connectivity index (χ4n) is 1.85. The number of hydrogen-bond donors (Lipinski definition) is 1. The summed E-state index contributed by atoms with van der Waals surface area (Å²) in [5, 5.41) is 11.8. The van der Waals surface area contributed by atoms with Crippen molar-refractivity contribution in [3.05, 3.63) is 54.1 Å². The SMILES string of the molecule is COc1cccc(NC(=O)C(C)Oc2ccccc2C#N)c1. The van der Waals surface area contributed by atoms with Gasteiger partial charge in [0.25, 0.3) is 5.91 Å². The Bertz CT molecular complexity index is 707. The number of anilines is 1. The number of carbonyl (C=O) groups excluding carboxylic acids is 1. The molecule has 0 aliphatic rings. The van der Waals surface area contributed by atoms with Crippen molar-refractivity contribution in [2.45, 2.75) is 13.0 Å². The highest BCUT2D eigenvalue weighted by Gasteiger charge is 2.16. The van der Waals surface area contributed by atoms with E-state index in [1.807, 2.05) is 6.07 Å². The number of nitriles is 1. The molecule has 22 heavy (non-hydrogen) atoms. The van der Waals surface area contributed by atoms with Crippen molar-refractivity contribution in [3.63, 3.8) is 0 Å². The van der Waals surface area contributed by atoms with Gasteiger partial charge in [-0.1, -0.05) is 18.2 Å². The lowest BCUT2D eigenvalue weighted by Crippen LogP contribution is -2.30. The molecule has 2 aromatic carbocycles. The van der Waals surface area contributed by atoms with Crippen LogP contribution in [0.1, 0.15) is 12.5 Å². The van der Waals surface area contributed by atoms with E-state index in [9.17, 15) is 4.79 Å². The van der Waals surface area contributed by atoms with Gasteiger partial charge in [-0.2, -0.15) is 5.26 Å². The second-order valence-electron chi connectivity index (χ2n) is 4.59. The molecule has 2 rings (SSSR count). The van der Waals surface area contributed by atoms with E-state index in [0.717, 1.165) is 0 Å². The van der Waals surface area contributed by atoms with Gasteiger partial charge < -0.3 is 14.8 Å². The zero-order valence-corrected chi connectivity index (χ0v) is 12.4. The van der Waals surface area contributed by atoms with Crippen LogP contribution in [0.5, 0.6) is 11.5 Å². The zero-order valence-electron chi connectivity index (χ0n) is 12.4. The van der Waals surface area contributed by atoms with Crippen LogP contribution in [0.15, 0.2) is 48.5 Å². The second kappa shape index (κ2) is 7.14. The Labute approximate surface area is 129 Å². The van der Waals surface area contributed by atoms with Gasteiger partial charge in [0.1, 0.15) is 17.6 Å². The van der Waals surface area contributed by atoms with Crippen LogP contribution in [0.25, 0.3) is 0 Å². The van der Waals surface area contributed by atoms with Crippen molar-refractivity contribution in [1.29, 1.82) is 5.26 Å². The van der Waals surface area contributed by atoms with Crippen molar-refractivity contribution in [2.24, 2.45) is 0 Å². The van der Waals surface area contributed by atoms with Gasteiger partial charge in [0, 0.05) is 11.8 Å². The fraction of sp³-hybridized carbons (Fsp3) is 0.176. The first kappa shape index (κ1) is 15.4. The molecule has 0 aliphatic carbocycles. The molecule has 1 N–H and O–H groups in total. The van der Waals surface area contributed by atoms with Crippen LogP contribution in [0.3, 0.4) is 0 Å². The minimum Gasteiger partial charge on any atom is -0.497 e. The number of nitrogens with zero attached hydrogens (tertiary/aromatic N) is 1. The summed E-state index contributed by atoms with van der Waals surface area (Å²) < 4.78 is 10.7. The molecule has 0 aliphatic heterocycles. The molecule has 0 heterocycles. The third-order valence-corrected chi connectivity index (χ3v) is 3.02. The Balaban J connectivity index is 2.04. The molecule has 5 heteroatoms. The lowest BCUT2D eigenvalue weighted by atomic mass is 10.2. The average Bonchev–Trinajstić information content (AvgIpc) is 2.55. The number of ether oxygens (including phenoxy) is 2. The van der Waals surface area contributed by atoms with E-state index < -0.39 is 6.10 Å². The minimum absolute atomic E-state index is 0.305. The average molecular weight is 296 g/mol. The Kier molecular flexibility index (Phi) is 4.99. The van der Waals surface area contributed by atoms with Crippen molar-refractivity contribution >= 4 is 11.6 Å². The number of benzene rings is 2. The van der Waals surface area contributed by atoms with Crippen molar-refractivity contribution in [2.75, 3.05) is 12.4 Å². The van der Waals surface area contributed by atoms with E-state index >= 15 is 0 Å². The quantitative estimate of drug-likeness (QED) is 0.920. The maximum absolute atomic E-state index is 12.2. The molecule has 0 saturated heterocycles. The smallest absolute Gasteiger partial charge is 0.265 e. The molecule has 2 aromatic rings. The van der Waals surface area contributed by atoms with Crippen LogP contribution in [0.2, 0.25) is 0 Å². The zero-order chi connectivity index (χ0) is 15.9. The van der Waals surface area contributed by atoms with Crippen molar-refractivity contribution in [1.82, 2.24) is 0 Å². The lowest BCUT2D eigenvalue weighted by molar-refractivity contribution is -0.122. The normalized spacial score (nSPS) is 11.1. The summed E-state index contributed by atoms with van der Waals surface area (Å²) in [6.45, 7) is 1.63. The molecule has 1 unspecified atom stereocenters. The van der Waals surface area contributed by atoms with E-state index in [1.54, 1.807) is 62.6 Å². The Hall–Kier alpha value is -3.00. The van der Waals surface area contributed by atoms with Crippen LogP contribution in [-0.4, -0.2) is 19.1 Å². The second-order valence-corrected chi connectivity index (χ2v) is 4.59. The molecule has 5 nitrogen and oxygen atoms in total. The first-order valence-electron chi connectivity index (χ1n) is 6.74. The van der Waals surface area contributed by atoms with Crippen LogP contribution in [0, 0.1) is 11.3 Å². The Morgan fingerprint density at radius 2 is 2.00 bits per heavy atom. The summed E-state index contributed by atoms with van der Waals surface area (Å²) in [6.07, 6.45) is -0.735. The highest BCUT2D eigenvalue weighted by atomic mass is 16.5. The fourth-order valence-corrected chi connectivity index (χ4v) is 1.85. The molecule has 0 fully saturated rings. The molecule has 112 valence electrons. The van der Waals surface area contributed by atoms with E-state index in [4.69, 9.17) is 14.7 Å². The van der Waals surface area contributed by atoms with Gasteiger partial charge in [-0.15, -0.1) is 0 Å². The monoisotopic (exact) mass is 296 g/mol. The number of methoxy groups -OCH3 is 1. The van der Waals surface area contributed by atoms with Gasteiger partial charge in [0.05, 0.1) is 12.7 Å². The summed E-state index contributed by atoms with van der Waals surface area (Å²) in [7, 11) is 1.56. The molecule has 0 spiro atoms. The molecule has 0 bridgehead atoms. The van der Waals surface area contributed by atoms with Gasteiger partial charge in [0.2, 0.25) is 0 Å². The Morgan fingerprint density at radius 1 is 1.23 bits per heavy atom. The van der Waals surface area contributed by atoms with Gasteiger partial charge in [0.15, 0.2) is 6.10 Å². The maximum atomic E-state index is 12.2. The molecule has 0 radical (unpaired) electrons. The lowest BCUT2D eigenvalue weighted by Gasteiger charge is -2.15. The summed E-state index contributed by atoms with van der Waals surface area (Å²) in [5.74, 6) is 0.737. The number of para-hydroxylation sites is 1. The summed E-state index contributed by atoms with van der Waals surface area (Å²) in [5.41, 5.74) is 1.01. The number of rotatable bonds is 5. The van der Waals surface area contributed by atoms with Crippen LogP contribution in [-0.2, 0) is 4.79 Å². The predicted molar refractivity (Wildman–Crippen MR) is 82.9 cm³/mol. The summed E-state index contributed by atoms with van der Waals surface area (Å²) >= 11 is 0. The van der Waals surface area contributed by atoms with Crippen molar-refractivity contribution in [3.8, 4) is 17.6 Å². The highest BCUT2D eigenvalue weighted by Crippen LogP contribution is 2.20. The summed E-state index contributed by atoms with van der Waals surface area (Å²) in [6, 6.07) is 15.9. The number of carbonyl (C=O) groups is 1. The van der Waals surface area contributed by atoms with Gasteiger partial charge >= 0.3 is 0 Å². The molecule has 1 amide bonds. The molecule has 1 atom stereocenters. The van der Waals surface area contributed by atoms with Crippen LogP contribution < -0.4 is 14.8 Å². The largest absolute Gasteiger partial charge is 0.497 e. The van der Waals surface area contributed by atoms with Gasteiger partial charge in [-0.25, -0.2) is 0 Å². The number of nitrogens with one attached hydrogen (secondary N) is 1. The van der Waals surface area contributed by atoms with E-state index in [-0.39, 0.29) is 5.91 Å². The number of hydrogen-bond acceptors (Lipinski definition) is 4. The van der Waals surface area contributed by atoms with E-state index in [1.165, 1.54) is 0 Å². The topological polar surface area (TPSA) is 71.3 Å². The van der Waals surface area contributed by atoms with Gasteiger partial charge in [-0.3, -0.25) is 4.79 Å². The standard InChI is InChI=1S/C17H16N2O3/c1-12(22-16-9-4-3-6-13(16)11-18)17(20)19-14-7-5-8-15(10-14)21-2/h3-10,12H,1-2H3,(H,19,20). The van der Waals surface area contributed by atoms with Gasteiger partial charge in [-0.05, 0) is 31.2 Å². The molecule has 0 saturated carbocycles. The highest BCUT2D eigenvalue weighted by molar-refractivity contribution is 5.94. The maximum Gasteiger partial charge on any atom is 0.265 e. The molecule has 0 aromatic heterocycles. The minimum atomic E-state index is -0.735. The third-order valence-electron chi connectivity index (χ3n) is 3.02. The number of amides is 1. The van der Waals surface area contributed by atoms with E-state index in [2.05, 4.69) is 5.32 Å². The summed E-state index contributed by atoms with van der Waals surface area (Å²) in [4.78, 5) is 12.2.